The Balaban J connectivity index is 2.20. The number of fused-ring (bicyclic) bond motifs is 1. The predicted molar refractivity (Wildman–Crippen MR) is 108 cm³/mol. The summed E-state index contributed by atoms with van der Waals surface area (Å²) in [5.41, 5.74) is -0.272. The lowest BCUT2D eigenvalue weighted by Gasteiger charge is -2.14. The normalized spacial score (nSPS) is 12.6. The van der Waals surface area contributed by atoms with Crippen LogP contribution in [0.4, 0.5) is 13.2 Å². The quantitative estimate of drug-likeness (QED) is 0.553. The van der Waals surface area contributed by atoms with Crippen molar-refractivity contribution in [3.05, 3.63) is 59.4 Å². The number of benzene rings is 1. The Hall–Kier alpha value is -2.88. The van der Waals surface area contributed by atoms with Gasteiger partial charge in [0.05, 0.1) is 15.9 Å². The lowest BCUT2D eigenvalue weighted by Crippen LogP contribution is -2.16. The van der Waals surface area contributed by atoms with Crippen LogP contribution in [0, 0.1) is 0 Å². The van der Waals surface area contributed by atoms with Gasteiger partial charge in [-0.1, -0.05) is 26.0 Å². The highest BCUT2D eigenvalue weighted by molar-refractivity contribution is 7.90. The van der Waals surface area contributed by atoms with Gasteiger partial charge in [0.25, 0.3) is 10.0 Å². The van der Waals surface area contributed by atoms with Gasteiger partial charge in [-0.25, -0.2) is 17.4 Å². The summed E-state index contributed by atoms with van der Waals surface area (Å²) in [7, 11) is -4.16. The molecule has 2 heterocycles. The number of carboxylic acid groups (broad SMARTS) is 1. The predicted octanol–water partition coefficient (Wildman–Crippen LogP) is 4.82. The molecule has 0 aliphatic rings. The van der Waals surface area contributed by atoms with Crippen molar-refractivity contribution < 1.29 is 31.5 Å². The van der Waals surface area contributed by atoms with Crippen molar-refractivity contribution in [2.75, 3.05) is 0 Å². The average Bonchev–Trinajstić information content (AvgIpc) is 3.05. The fraction of sp³-hybridized carbons (Fsp3) is 0.333. The summed E-state index contributed by atoms with van der Waals surface area (Å²) in [6, 6.07) is 9.45. The smallest absolute Gasteiger partial charge is 0.433 e. The van der Waals surface area contributed by atoms with Crippen LogP contribution in [0.25, 0.3) is 11.0 Å². The zero-order valence-corrected chi connectivity index (χ0v) is 17.7. The first-order chi connectivity index (χ1) is 14.4. The van der Waals surface area contributed by atoms with Gasteiger partial charge in [-0.15, -0.1) is 0 Å². The molecule has 31 heavy (non-hydrogen) atoms. The van der Waals surface area contributed by atoms with E-state index in [-0.39, 0.29) is 46.8 Å². The fourth-order valence-corrected chi connectivity index (χ4v) is 4.90. The van der Waals surface area contributed by atoms with Gasteiger partial charge in [-0.05, 0) is 54.7 Å². The van der Waals surface area contributed by atoms with Crippen molar-refractivity contribution in [2.24, 2.45) is 0 Å². The summed E-state index contributed by atoms with van der Waals surface area (Å²) in [5.74, 6) is -0.977. The number of hydrogen-bond acceptors (Lipinski definition) is 4. The molecule has 0 radical (unpaired) electrons. The molecule has 0 spiro atoms. The molecule has 3 rings (SSSR count). The molecule has 10 heteroatoms. The Morgan fingerprint density at radius 2 is 1.87 bits per heavy atom. The Morgan fingerprint density at radius 3 is 2.48 bits per heavy atom. The minimum Gasteiger partial charge on any atom is -0.481 e. The van der Waals surface area contributed by atoms with Crippen molar-refractivity contribution in [1.82, 2.24) is 8.96 Å². The fourth-order valence-electron chi connectivity index (χ4n) is 3.29. The molecule has 0 fully saturated rings. The van der Waals surface area contributed by atoms with Crippen molar-refractivity contribution >= 4 is 27.0 Å². The van der Waals surface area contributed by atoms with E-state index >= 15 is 0 Å². The second-order valence-electron chi connectivity index (χ2n) is 7.48. The van der Waals surface area contributed by atoms with Gasteiger partial charge < -0.3 is 5.11 Å². The van der Waals surface area contributed by atoms with Gasteiger partial charge in [-0.3, -0.25) is 4.79 Å². The van der Waals surface area contributed by atoms with Crippen LogP contribution in [0.1, 0.15) is 49.6 Å². The van der Waals surface area contributed by atoms with E-state index in [4.69, 9.17) is 5.11 Å². The molecule has 0 atom stereocenters. The Labute approximate surface area is 177 Å². The molecular formula is C21H21F3N2O4S. The highest BCUT2D eigenvalue weighted by atomic mass is 32.2. The molecule has 3 aromatic rings. The summed E-state index contributed by atoms with van der Waals surface area (Å²) in [5, 5.41) is 8.88. The highest BCUT2D eigenvalue weighted by Gasteiger charge is 2.33. The third-order valence-corrected chi connectivity index (χ3v) is 6.62. The number of aryl methyl sites for hydroxylation is 1. The van der Waals surface area contributed by atoms with E-state index in [2.05, 4.69) is 4.98 Å². The molecule has 1 aromatic carbocycles. The first-order valence-electron chi connectivity index (χ1n) is 9.57. The summed E-state index contributed by atoms with van der Waals surface area (Å²) in [6.45, 7) is 3.83. The highest BCUT2D eigenvalue weighted by Crippen LogP contribution is 2.32. The van der Waals surface area contributed by atoms with E-state index in [1.54, 1.807) is 12.1 Å². The molecule has 166 valence electrons. The Bertz CT molecular complexity index is 1230. The molecule has 6 nitrogen and oxygen atoms in total. The number of pyridine rings is 1. The number of alkyl halides is 3. The third kappa shape index (κ3) is 4.73. The van der Waals surface area contributed by atoms with Gasteiger partial charge in [0.2, 0.25) is 0 Å². The van der Waals surface area contributed by atoms with Crippen LogP contribution in [-0.2, 0) is 27.4 Å². The number of rotatable bonds is 7. The second-order valence-corrected chi connectivity index (χ2v) is 9.26. The first-order valence-corrected chi connectivity index (χ1v) is 11.0. The number of nitrogens with zero attached hydrogens (tertiary/aromatic N) is 2. The zero-order chi connectivity index (χ0) is 23.0. The Morgan fingerprint density at radius 1 is 1.16 bits per heavy atom. The summed E-state index contributed by atoms with van der Waals surface area (Å²) in [6.07, 6.45) is -4.71. The lowest BCUT2D eigenvalue weighted by atomic mass is 10.0. The molecule has 0 amide bonds. The molecule has 0 bridgehead atoms. The molecule has 0 unspecified atom stereocenters. The topological polar surface area (TPSA) is 89.3 Å². The summed E-state index contributed by atoms with van der Waals surface area (Å²) >= 11 is 0. The van der Waals surface area contributed by atoms with Crippen LogP contribution < -0.4 is 0 Å². The van der Waals surface area contributed by atoms with E-state index < -0.39 is 27.9 Å². The van der Waals surface area contributed by atoms with Gasteiger partial charge in [0.15, 0.2) is 0 Å². The minimum atomic E-state index is -4.68. The van der Waals surface area contributed by atoms with Gasteiger partial charge in [0, 0.05) is 12.1 Å². The monoisotopic (exact) mass is 454 g/mol. The lowest BCUT2D eigenvalue weighted by molar-refractivity contribution is -0.141. The van der Waals surface area contributed by atoms with Crippen LogP contribution in [0.15, 0.2) is 47.4 Å². The average molecular weight is 454 g/mol. The second kappa shape index (κ2) is 8.33. The van der Waals surface area contributed by atoms with Crippen molar-refractivity contribution in [3.63, 3.8) is 0 Å². The molecule has 0 saturated carbocycles. The third-order valence-electron chi connectivity index (χ3n) is 4.86. The zero-order valence-electron chi connectivity index (χ0n) is 16.8. The van der Waals surface area contributed by atoms with Crippen LogP contribution in [0.5, 0.6) is 0 Å². The van der Waals surface area contributed by atoms with Crippen molar-refractivity contribution in [3.8, 4) is 0 Å². The van der Waals surface area contributed by atoms with Gasteiger partial charge in [-0.2, -0.15) is 13.2 Å². The van der Waals surface area contributed by atoms with Crippen LogP contribution in [0.3, 0.4) is 0 Å². The maximum atomic E-state index is 13.5. The van der Waals surface area contributed by atoms with Crippen LogP contribution in [-0.4, -0.2) is 28.5 Å². The van der Waals surface area contributed by atoms with E-state index in [1.165, 1.54) is 18.2 Å². The number of aliphatic carboxylic acids is 1. The Kier molecular flexibility index (Phi) is 6.13. The van der Waals surface area contributed by atoms with Gasteiger partial charge in [0.1, 0.15) is 5.69 Å². The standard InChI is InChI=1S/C21H21F3N2O4S/c1-13(2)14-5-3-7-16(11-14)31(29,30)26-15(6-4-8-20(27)28)12-17-18(26)9-10-19(25-17)21(22,23)24/h3,5,7,9-13H,4,6,8H2,1-2H3,(H,27,28). The van der Waals surface area contributed by atoms with Crippen molar-refractivity contribution in [2.45, 2.75) is 50.1 Å². The summed E-state index contributed by atoms with van der Waals surface area (Å²) < 4.78 is 67.2. The molecule has 0 aliphatic heterocycles. The largest absolute Gasteiger partial charge is 0.481 e. The van der Waals surface area contributed by atoms with E-state index in [0.717, 1.165) is 21.7 Å². The maximum absolute atomic E-state index is 13.5. The first kappa shape index (κ1) is 22.8. The summed E-state index contributed by atoms with van der Waals surface area (Å²) in [4.78, 5) is 14.5. The SMILES string of the molecule is CC(C)c1cccc(S(=O)(=O)n2c(CCCC(=O)O)cc3nc(C(F)(F)F)ccc32)c1. The maximum Gasteiger partial charge on any atom is 0.433 e. The molecule has 1 N–H and O–H groups in total. The molecule has 0 saturated heterocycles. The molecule has 0 aliphatic carbocycles. The number of halogens is 3. The van der Waals surface area contributed by atoms with Crippen LogP contribution >= 0.6 is 0 Å². The molecular weight excluding hydrogens is 433 g/mol. The number of carbonyl (C=O) groups is 1. The van der Waals surface area contributed by atoms with E-state index in [9.17, 15) is 26.4 Å². The van der Waals surface area contributed by atoms with Gasteiger partial charge >= 0.3 is 12.1 Å². The number of carboxylic acids is 1. The van der Waals surface area contributed by atoms with Crippen molar-refractivity contribution in [1.29, 1.82) is 0 Å². The van der Waals surface area contributed by atoms with Crippen LogP contribution in [0.2, 0.25) is 0 Å². The number of hydrogen-bond donors (Lipinski definition) is 1. The van der Waals surface area contributed by atoms with E-state index in [0.29, 0.717) is 0 Å². The van der Waals surface area contributed by atoms with E-state index in [1.807, 2.05) is 13.8 Å². The number of aromatic nitrogens is 2. The molecule has 2 aromatic heterocycles. The minimum absolute atomic E-state index is 0.00409.